The third kappa shape index (κ3) is 4.79. The van der Waals surface area contributed by atoms with Gasteiger partial charge in [-0.2, -0.15) is 4.98 Å². The topological polar surface area (TPSA) is 96.9 Å². The summed E-state index contributed by atoms with van der Waals surface area (Å²) in [5.41, 5.74) is 1.86. The molecule has 31 heavy (non-hydrogen) atoms. The number of hydrogen-bond donors (Lipinski definition) is 1. The Balaban J connectivity index is 1.33. The molecule has 3 heterocycles. The Morgan fingerprint density at radius 2 is 2.13 bits per heavy atom. The van der Waals surface area contributed by atoms with Crippen molar-refractivity contribution >= 4 is 31.5 Å². The molecule has 2 aliphatic heterocycles. The Morgan fingerprint density at radius 1 is 1.35 bits per heavy atom. The molecule has 1 aromatic heterocycles. The zero-order valence-electron chi connectivity index (χ0n) is 17.8. The van der Waals surface area contributed by atoms with Crippen LogP contribution in [0.4, 0.5) is 16.6 Å². The van der Waals surface area contributed by atoms with Gasteiger partial charge in [-0.3, -0.25) is 4.90 Å². The summed E-state index contributed by atoms with van der Waals surface area (Å²) in [4.78, 5) is 34.9. The second kappa shape index (κ2) is 9.34. The molecular formula is C21H26BN5O4. The normalized spacial score (nSPS) is 17.2. The lowest BCUT2D eigenvalue weighted by molar-refractivity contribution is 0.130. The maximum Gasteiger partial charge on any atom is 0.415 e. The van der Waals surface area contributed by atoms with Crippen LogP contribution < -0.4 is 15.0 Å². The van der Waals surface area contributed by atoms with E-state index in [0.717, 1.165) is 36.2 Å². The third-order valence-electron chi connectivity index (χ3n) is 5.56. The molecule has 0 radical (unpaired) electrons. The van der Waals surface area contributed by atoms with Crippen molar-refractivity contribution in [1.29, 1.82) is 0 Å². The van der Waals surface area contributed by atoms with Crippen LogP contribution >= 0.6 is 0 Å². The second-order valence-corrected chi connectivity index (χ2v) is 7.84. The Labute approximate surface area is 182 Å². The first-order valence-corrected chi connectivity index (χ1v) is 10.5. The lowest BCUT2D eigenvalue weighted by Crippen LogP contribution is -2.51. The summed E-state index contributed by atoms with van der Waals surface area (Å²) in [5, 5.41) is 3.30. The highest BCUT2D eigenvalue weighted by Crippen LogP contribution is 2.27. The fourth-order valence-corrected chi connectivity index (χ4v) is 3.77. The molecule has 0 bridgehead atoms. The van der Waals surface area contributed by atoms with Crippen LogP contribution in [-0.4, -0.2) is 60.7 Å². The van der Waals surface area contributed by atoms with Gasteiger partial charge in [0.2, 0.25) is 5.95 Å². The average molecular weight is 423 g/mol. The number of anilines is 2. The molecule has 0 spiro atoms. The molecule has 2 aromatic rings. The van der Waals surface area contributed by atoms with Crippen molar-refractivity contribution < 1.29 is 19.1 Å². The molecule has 162 valence electrons. The number of hydrogen-bond acceptors (Lipinski definition) is 8. The summed E-state index contributed by atoms with van der Waals surface area (Å²) < 4.78 is 11.0. The van der Waals surface area contributed by atoms with E-state index in [9.17, 15) is 9.59 Å². The van der Waals surface area contributed by atoms with E-state index in [0.29, 0.717) is 38.3 Å². The van der Waals surface area contributed by atoms with Gasteiger partial charge in [0.05, 0.1) is 24.4 Å². The minimum atomic E-state index is -0.387. The van der Waals surface area contributed by atoms with E-state index in [-0.39, 0.29) is 18.7 Å². The van der Waals surface area contributed by atoms with Crippen LogP contribution in [0.3, 0.4) is 0 Å². The summed E-state index contributed by atoms with van der Waals surface area (Å²) in [6.07, 6.45) is 2.25. The first-order valence-electron chi connectivity index (χ1n) is 10.5. The highest BCUT2D eigenvalue weighted by atomic mass is 16.6. The van der Waals surface area contributed by atoms with Gasteiger partial charge < -0.3 is 24.4 Å². The van der Waals surface area contributed by atoms with Crippen LogP contribution in [0.1, 0.15) is 31.0 Å². The summed E-state index contributed by atoms with van der Waals surface area (Å²) in [6.45, 7) is 7.05. The largest absolute Gasteiger partial charge is 0.493 e. The fraction of sp³-hybridized carbons (Fsp3) is 0.429. The van der Waals surface area contributed by atoms with E-state index < -0.39 is 0 Å². The van der Waals surface area contributed by atoms with Crippen molar-refractivity contribution in [3.63, 3.8) is 0 Å². The van der Waals surface area contributed by atoms with E-state index in [4.69, 9.17) is 9.47 Å². The molecule has 1 amide bonds. The molecule has 1 saturated heterocycles. The lowest BCUT2D eigenvalue weighted by atomic mass is 9.85. The minimum absolute atomic E-state index is 0.0266. The number of ether oxygens (including phenoxy) is 2. The number of benzene rings is 1. The SMILES string of the molecule is CCN1C(=O)OCc2cnc(N[C@@H](C)c3ccc(OCC4CN(BC=O)C4)cc3)nc21. The van der Waals surface area contributed by atoms with Crippen LogP contribution in [0.2, 0.25) is 0 Å². The smallest absolute Gasteiger partial charge is 0.415 e. The van der Waals surface area contributed by atoms with Gasteiger partial charge in [0, 0.05) is 18.7 Å². The number of rotatable bonds is 9. The maximum atomic E-state index is 11.9. The summed E-state index contributed by atoms with van der Waals surface area (Å²) >= 11 is 0. The molecule has 4 rings (SSSR count). The number of aromatic nitrogens is 2. The molecular weight excluding hydrogens is 397 g/mol. The van der Waals surface area contributed by atoms with E-state index >= 15 is 0 Å². The number of nitrogens with zero attached hydrogens (tertiary/aromatic N) is 4. The zero-order valence-corrected chi connectivity index (χ0v) is 17.8. The Morgan fingerprint density at radius 3 is 2.84 bits per heavy atom. The van der Waals surface area contributed by atoms with E-state index in [1.165, 1.54) is 4.90 Å². The fourth-order valence-electron chi connectivity index (χ4n) is 3.77. The highest BCUT2D eigenvalue weighted by molar-refractivity contribution is 6.64. The first-order chi connectivity index (χ1) is 15.1. The number of amides is 1. The maximum absolute atomic E-state index is 11.9. The van der Waals surface area contributed by atoms with E-state index in [2.05, 4.69) is 20.1 Å². The standard InChI is InChI=1S/C21H26BN5O4/c1-3-27-19-17(12-31-21(27)29)8-23-20(25-19)24-14(2)16-4-6-18(7-5-16)30-11-15-9-26(10-15)22-13-28/h4-8,13-15,22H,3,9-12H2,1-2H3,(H,23,24,25)/t14-/m0/s1. The molecule has 0 aliphatic carbocycles. The summed E-state index contributed by atoms with van der Waals surface area (Å²) in [7, 11) is 0.505. The zero-order chi connectivity index (χ0) is 21.8. The van der Waals surface area contributed by atoms with Crippen LogP contribution in [0.25, 0.3) is 0 Å². The molecule has 10 heteroatoms. The monoisotopic (exact) mass is 423 g/mol. The molecule has 1 fully saturated rings. The van der Waals surface area contributed by atoms with Crippen molar-refractivity contribution in [3.05, 3.63) is 41.6 Å². The van der Waals surface area contributed by atoms with Gasteiger partial charge in [0.25, 0.3) is 7.41 Å². The van der Waals surface area contributed by atoms with Crippen molar-refractivity contribution in [2.24, 2.45) is 5.92 Å². The number of nitrogens with one attached hydrogen (secondary N) is 1. The summed E-state index contributed by atoms with van der Waals surface area (Å²) in [6, 6.07) is 7.91. The Bertz CT molecular complexity index is 936. The second-order valence-electron chi connectivity index (χ2n) is 7.84. The quantitative estimate of drug-likeness (QED) is 0.483. The highest BCUT2D eigenvalue weighted by Gasteiger charge is 2.28. The molecule has 2 aliphatic rings. The van der Waals surface area contributed by atoms with Gasteiger partial charge in [0.15, 0.2) is 0 Å². The predicted molar refractivity (Wildman–Crippen MR) is 118 cm³/mol. The van der Waals surface area contributed by atoms with Gasteiger partial charge >= 0.3 is 6.09 Å². The van der Waals surface area contributed by atoms with Gasteiger partial charge in [-0.1, -0.05) is 12.1 Å². The van der Waals surface area contributed by atoms with Gasteiger partial charge in [-0.05, 0) is 44.6 Å². The number of carbonyl (C=O) groups excluding carboxylic acids is 2. The predicted octanol–water partition coefficient (Wildman–Crippen LogP) is 1.98. The van der Waals surface area contributed by atoms with Gasteiger partial charge in [0.1, 0.15) is 18.2 Å². The lowest BCUT2D eigenvalue weighted by Gasteiger charge is -2.37. The molecule has 0 saturated carbocycles. The Hall–Kier alpha value is -3.14. The third-order valence-corrected chi connectivity index (χ3v) is 5.56. The van der Waals surface area contributed by atoms with Crippen LogP contribution in [0.15, 0.2) is 30.5 Å². The van der Waals surface area contributed by atoms with Crippen molar-refractivity contribution in [1.82, 2.24) is 14.8 Å². The van der Waals surface area contributed by atoms with E-state index in [1.54, 1.807) is 6.20 Å². The molecule has 9 nitrogen and oxygen atoms in total. The van der Waals surface area contributed by atoms with Crippen LogP contribution in [-0.2, 0) is 16.1 Å². The van der Waals surface area contributed by atoms with Crippen molar-refractivity contribution in [2.75, 3.05) is 36.5 Å². The number of cyclic esters (lactones) is 1. The molecule has 1 N–H and O–H groups in total. The minimum Gasteiger partial charge on any atom is -0.493 e. The number of fused-ring (bicyclic) bond motifs is 1. The van der Waals surface area contributed by atoms with Crippen molar-refractivity contribution in [2.45, 2.75) is 26.5 Å². The van der Waals surface area contributed by atoms with Crippen LogP contribution in [0.5, 0.6) is 5.75 Å². The van der Waals surface area contributed by atoms with E-state index in [1.807, 2.05) is 38.1 Å². The average Bonchev–Trinajstić information content (AvgIpc) is 2.75. The van der Waals surface area contributed by atoms with Gasteiger partial charge in [-0.25, -0.2) is 9.78 Å². The summed E-state index contributed by atoms with van der Waals surface area (Å²) in [5.74, 6) is 2.35. The van der Waals surface area contributed by atoms with Gasteiger partial charge in [-0.15, -0.1) is 0 Å². The molecule has 1 aromatic carbocycles. The molecule has 0 unspecified atom stereocenters. The number of carbonyl (C=O) groups is 2. The molecule has 1 atom stereocenters. The first kappa shape index (κ1) is 21.1. The van der Waals surface area contributed by atoms with Crippen molar-refractivity contribution in [3.8, 4) is 5.75 Å². The van der Waals surface area contributed by atoms with Crippen LogP contribution in [0, 0.1) is 5.92 Å². The Kier molecular flexibility index (Phi) is 6.36.